The summed E-state index contributed by atoms with van der Waals surface area (Å²) in [5.41, 5.74) is 0.693. The van der Waals surface area contributed by atoms with Crippen LogP contribution in [0.15, 0.2) is 42.5 Å². The minimum absolute atomic E-state index is 0.0389. The number of anilines is 2. The van der Waals surface area contributed by atoms with Crippen LogP contribution in [-0.2, 0) is 0 Å². The Bertz CT molecular complexity index is 628. The highest BCUT2D eigenvalue weighted by molar-refractivity contribution is 7.18. The molecule has 116 valence electrons. The summed E-state index contributed by atoms with van der Waals surface area (Å²) in [5.74, 6) is -0.213. The van der Waals surface area contributed by atoms with E-state index < -0.39 is 0 Å². The zero-order chi connectivity index (χ0) is 15.8. The molecule has 0 aliphatic rings. The van der Waals surface area contributed by atoms with Gasteiger partial charge < -0.3 is 15.7 Å². The molecule has 0 spiro atoms. The third-order valence-electron chi connectivity index (χ3n) is 2.72. The minimum atomic E-state index is -0.361. The van der Waals surface area contributed by atoms with E-state index in [9.17, 15) is 9.59 Å². The van der Waals surface area contributed by atoms with Gasteiger partial charge >= 0.3 is 6.03 Å². The molecule has 7 heteroatoms. The molecule has 1 aromatic heterocycles. The lowest BCUT2D eigenvalue weighted by Gasteiger charge is -2.05. The van der Waals surface area contributed by atoms with Crippen molar-refractivity contribution in [2.24, 2.45) is 0 Å². The Labute approximate surface area is 132 Å². The van der Waals surface area contributed by atoms with Gasteiger partial charge in [0, 0.05) is 18.8 Å². The van der Waals surface area contributed by atoms with Crippen molar-refractivity contribution in [3.05, 3.63) is 47.3 Å². The molecule has 0 atom stereocenters. The zero-order valence-electron chi connectivity index (χ0n) is 11.8. The van der Waals surface area contributed by atoms with E-state index in [1.807, 2.05) is 18.2 Å². The number of rotatable bonds is 6. The number of carbonyl (C=O) groups excluding carboxylic acids is 2. The number of aliphatic hydroxyl groups excluding tert-OH is 1. The predicted molar refractivity (Wildman–Crippen MR) is 87.4 cm³/mol. The summed E-state index contributed by atoms with van der Waals surface area (Å²) >= 11 is 1.19. The fraction of sp³-hybridized carbons (Fsp3) is 0.200. The Morgan fingerprint density at radius 2 is 1.82 bits per heavy atom. The average Bonchev–Trinajstić information content (AvgIpc) is 2.97. The van der Waals surface area contributed by atoms with E-state index in [4.69, 9.17) is 5.11 Å². The second-order valence-electron chi connectivity index (χ2n) is 4.44. The molecule has 0 saturated heterocycles. The monoisotopic (exact) mass is 319 g/mol. The van der Waals surface area contributed by atoms with Gasteiger partial charge in [-0.05, 0) is 30.7 Å². The Hall–Kier alpha value is -2.38. The van der Waals surface area contributed by atoms with Crippen molar-refractivity contribution >= 4 is 34.0 Å². The Balaban J connectivity index is 1.86. The number of benzene rings is 1. The van der Waals surface area contributed by atoms with E-state index >= 15 is 0 Å². The van der Waals surface area contributed by atoms with Crippen molar-refractivity contribution in [2.75, 3.05) is 23.8 Å². The summed E-state index contributed by atoms with van der Waals surface area (Å²) in [5, 5.41) is 17.3. The molecule has 0 radical (unpaired) electrons. The van der Waals surface area contributed by atoms with Gasteiger partial charge in [0.2, 0.25) is 0 Å². The van der Waals surface area contributed by atoms with Crippen molar-refractivity contribution in [1.82, 2.24) is 5.32 Å². The second kappa shape index (κ2) is 8.16. The molecular formula is C15H17N3O3S. The van der Waals surface area contributed by atoms with Crippen molar-refractivity contribution in [2.45, 2.75) is 6.42 Å². The van der Waals surface area contributed by atoms with Gasteiger partial charge in [0.1, 0.15) is 0 Å². The van der Waals surface area contributed by atoms with Gasteiger partial charge in [-0.15, -0.1) is 11.3 Å². The summed E-state index contributed by atoms with van der Waals surface area (Å²) in [6, 6.07) is 12.1. The zero-order valence-corrected chi connectivity index (χ0v) is 12.7. The first-order chi connectivity index (χ1) is 10.7. The molecule has 0 aliphatic carbocycles. The molecule has 6 nitrogen and oxygen atoms in total. The quantitative estimate of drug-likeness (QED) is 0.617. The molecule has 1 heterocycles. The molecule has 4 N–H and O–H groups in total. The van der Waals surface area contributed by atoms with Crippen molar-refractivity contribution in [1.29, 1.82) is 0 Å². The van der Waals surface area contributed by atoms with Crippen LogP contribution in [0.4, 0.5) is 15.5 Å². The summed E-state index contributed by atoms with van der Waals surface area (Å²) in [7, 11) is 0. The standard InChI is InChI=1S/C15H17N3O3S/c19-10-4-9-16-14(20)12-7-8-13(22-12)18-15(21)17-11-5-2-1-3-6-11/h1-3,5-8,19H,4,9-10H2,(H,16,20)(H2,17,18,21). The summed E-state index contributed by atoms with van der Waals surface area (Å²) in [6.45, 7) is 0.460. The second-order valence-corrected chi connectivity index (χ2v) is 5.53. The predicted octanol–water partition coefficient (Wildman–Crippen LogP) is 2.50. The minimum Gasteiger partial charge on any atom is -0.396 e. The molecule has 3 amide bonds. The number of aliphatic hydroxyl groups is 1. The van der Waals surface area contributed by atoms with Gasteiger partial charge in [-0.2, -0.15) is 0 Å². The van der Waals surface area contributed by atoms with Crippen LogP contribution in [0.2, 0.25) is 0 Å². The van der Waals surface area contributed by atoms with Gasteiger partial charge in [0.05, 0.1) is 9.88 Å². The first-order valence-corrected chi connectivity index (χ1v) is 7.62. The molecule has 0 unspecified atom stereocenters. The van der Waals surface area contributed by atoms with Gasteiger partial charge in [-0.3, -0.25) is 10.1 Å². The fourth-order valence-electron chi connectivity index (χ4n) is 1.69. The third kappa shape index (κ3) is 4.87. The largest absolute Gasteiger partial charge is 0.396 e. The maximum atomic E-state index is 11.8. The third-order valence-corrected chi connectivity index (χ3v) is 3.72. The maximum Gasteiger partial charge on any atom is 0.324 e. The first-order valence-electron chi connectivity index (χ1n) is 6.81. The van der Waals surface area contributed by atoms with Crippen LogP contribution in [0.3, 0.4) is 0 Å². The molecule has 2 rings (SSSR count). The molecule has 2 aromatic rings. The van der Waals surface area contributed by atoms with E-state index in [1.165, 1.54) is 11.3 Å². The van der Waals surface area contributed by atoms with Crippen LogP contribution in [0.5, 0.6) is 0 Å². The molecule has 1 aromatic carbocycles. The number of amides is 3. The topological polar surface area (TPSA) is 90.5 Å². The fourth-order valence-corrected chi connectivity index (χ4v) is 2.51. The lowest BCUT2D eigenvalue weighted by Crippen LogP contribution is -2.24. The average molecular weight is 319 g/mol. The normalized spacial score (nSPS) is 10.0. The van der Waals surface area contributed by atoms with Crippen LogP contribution in [0.25, 0.3) is 0 Å². The van der Waals surface area contributed by atoms with E-state index in [0.717, 1.165) is 0 Å². The highest BCUT2D eigenvalue weighted by Gasteiger charge is 2.10. The van der Waals surface area contributed by atoms with Crippen molar-refractivity contribution in [3.63, 3.8) is 0 Å². The Kier molecular flexibility index (Phi) is 5.93. The number of carbonyl (C=O) groups is 2. The van der Waals surface area contributed by atoms with Crippen LogP contribution < -0.4 is 16.0 Å². The van der Waals surface area contributed by atoms with Crippen LogP contribution in [0, 0.1) is 0 Å². The lowest BCUT2D eigenvalue weighted by molar-refractivity contribution is 0.0955. The van der Waals surface area contributed by atoms with E-state index in [0.29, 0.717) is 28.5 Å². The van der Waals surface area contributed by atoms with Crippen molar-refractivity contribution < 1.29 is 14.7 Å². The molecule has 0 bridgehead atoms. The maximum absolute atomic E-state index is 11.8. The molecule has 0 saturated carbocycles. The number of urea groups is 1. The number of para-hydroxylation sites is 1. The van der Waals surface area contributed by atoms with Gasteiger partial charge in [-0.25, -0.2) is 4.79 Å². The smallest absolute Gasteiger partial charge is 0.324 e. The lowest BCUT2D eigenvalue weighted by atomic mass is 10.3. The van der Waals surface area contributed by atoms with Gasteiger partial charge in [-0.1, -0.05) is 18.2 Å². The summed E-state index contributed by atoms with van der Waals surface area (Å²) in [4.78, 5) is 24.1. The highest BCUT2D eigenvalue weighted by atomic mass is 32.1. The molecular weight excluding hydrogens is 302 g/mol. The Morgan fingerprint density at radius 3 is 2.55 bits per heavy atom. The van der Waals surface area contributed by atoms with E-state index in [-0.39, 0.29) is 18.5 Å². The Morgan fingerprint density at radius 1 is 1.05 bits per heavy atom. The van der Waals surface area contributed by atoms with Gasteiger partial charge in [0.15, 0.2) is 0 Å². The van der Waals surface area contributed by atoms with E-state index in [1.54, 1.807) is 24.3 Å². The molecule has 22 heavy (non-hydrogen) atoms. The van der Waals surface area contributed by atoms with Crippen LogP contribution in [-0.4, -0.2) is 30.2 Å². The molecule has 0 fully saturated rings. The molecule has 0 aliphatic heterocycles. The van der Waals surface area contributed by atoms with E-state index in [2.05, 4.69) is 16.0 Å². The van der Waals surface area contributed by atoms with Crippen LogP contribution in [0.1, 0.15) is 16.1 Å². The number of thiophene rings is 1. The van der Waals surface area contributed by atoms with Crippen LogP contribution >= 0.6 is 11.3 Å². The summed E-state index contributed by atoms with van der Waals surface area (Å²) in [6.07, 6.45) is 0.516. The van der Waals surface area contributed by atoms with Crippen molar-refractivity contribution in [3.8, 4) is 0 Å². The highest BCUT2D eigenvalue weighted by Crippen LogP contribution is 2.22. The SMILES string of the molecule is O=C(Nc1ccccc1)Nc1ccc(C(=O)NCCCO)s1. The summed E-state index contributed by atoms with van der Waals surface area (Å²) < 4.78 is 0. The number of hydrogen-bond donors (Lipinski definition) is 4. The number of hydrogen-bond acceptors (Lipinski definition) is 4. The number of nitrogens with one attached hydrogen (secondary N) is 3. The first kappa shape index (κ1) is 16.0. The van der Waals surface area contributed by atoms with Gasteiger partial charge in [0.25, 0.3) is 5.91 Å².